The van der Waals surface area contributed by atoms with Gasteiger partial charge in [0.25, 0.3) is 0 Å². The van der Waals surface area contributed by atoms with Crippen LogP contribution < -0.4 is 11.1 Å². The predicted octanol–water partition coefficient (Wildman–Crippen LogP) is 2.38. The van der Waals surface area contributed by atoms with Gasteiger partial charge in [0.2, 0.25) is 5.91 Å². The maximum Gasteiger partial charge on any atom is 0.238 e. The van der Waals surface area contributed by atoms with E-state index in [4.69, 9.17) is 10.9 Å². The number of hydrogen-bond acceptors (Lipinski definition) is 3. The molecule has 108 valence electrons. The predicted molar refractivity (Wildman–Crippen MR) is 74.1 cm³/mol. The summed E-state index contributed by atoms with van der Waals surface area (Å²) in [6.07, 6.45) is 2.81. The molecule has 1 saturated carbocycles. The van der Waals surface area contributed by atoms with Crippen molar-refractivity contribution in [3.05, 3.63) is 29.6 Å². The fraction of sp³-hybridized carbons (Fsp3) is 0.429. The molecule has 4 N–H and O–H groups in total. The van der Waals surface area contributed by atoms with Gasteiger partial charge in [0.15, 0.2) is 5.84 Å². The van der Waals surface area contributed by atoms with Gasteiger partial charge < -0.3 is 16.3 Å². The second kappa shape index (κ2) is 5.48. The molecule has 0 spiro atoms. The van der Waals surface area contributed by atoms with Gasteiger partial charge in [0, 0.05) is 5.69 Å². The van der Waals surface area contributed by atoms with Gasteiger partial charge in [-0.1, -0.05) is 18.0 Å². The van der Waals surface area contributed by atoms with Gasteiger partial charge in [0.1, 0.15) is 11.2 Å². The molecule has 0 heterocycles. The number of nitrogens with one attached hydrogen (secondary N) is 1. The number of anilines is 1. The van der Waals surface area contributed by atoms with Crippen molar-refractivity contribution in [2.45, 2.75) is 32.6 Å². The topological polar surface area (TPSA) is 87.7 Å². The number of halogens is 1. The molecule has 6 heteroatoms. The number of aryl methyl sites for hydroxylation is 1. The normalized spacial score (nSPS) is 18.0. The van der Waals surface area contributed by atoms with Crippen molar-refractivity contribution in [1.29, 1.82) is 0 Å². The van der Waals surface area contributed by atoms with Crippen molar-refractivity contribution in [2.75, 3.05) is 5.32 Å². The van der Waals surface area contributed by atoms with E-state index in [-0.39, 0.29) is 17.6 Å². The third-order valence-corrected chi connectivity index (χ3v) is 3.93. The molecule has 1 aromatic rings. The number of nitrogens with zero attached hydrogens (tertiary/aromatic N) is 1. The fourth-order valence-corrected chi connectivity index (χ4v) is 2.68. The highest BCUT2D eigenvalue weighted by atomic mass is 19.1. The summed E-state index contributed by atoms with van der Waals surface area (Å²) in [6, 6.07) is 4.14. The Morgan fingerprint density at radius 3 is 2.65 bits per heavy atom. The molecule has 1 aromatic carbocycles. The molecular weight excluding hydrogens is 261 g/mol. The molecule has 0 atom stereocenters. The number of carbonyl (C=O) groups excluding carboxylic acids is 1. The van der Waals surface area contributed by atoms with Crippen LogP contribution in [0.2, 0.25) is 0 Å². The number of amidine groups is 1. The molecule has 0 radical (unpaired) electrons. The first-order valence-electron chi connectivity index (χ1n) is 6.55. The summed E-state index contributed by atoms with van der Waals surface area (Å²) in [5.41, 5.74) is 5.91. The molecule has 1 amide bonds. The maximum absolute atomic E-state index is 13.1. The smallest absolute Gasteiger partial charge is 0.238 e. The Bertz CT molecular complexity index is 551. The zero-order chi connectivity index (χ0) is 14.8. The van der Waals surface area contributed by atoms with Crippen molar-refractivity contribution >= 4 is 17.4 Å². The number of hydrogen-bond donors (Lipinski definition) is 3. The molecule has 1 aliphatic rings. The van der Waals surface area contributed by atoms with Crippen molar-refractivity contribution in [3.63, 3.8) is 0 Å². The Morgan fingerprint density at radius 2 is 2.10 bits per heavy atom. The van der Waals surface area contributed by atoms with Crippen LogP contribution >= 0.6 is 0 Å². The van der Waals surface area contributed by atoms with E-state index in [2.05, 4.69) is 10.5 Å². The molecule has 20 heavy (non-hydrogen) atoms. The molecule has 0 unspecified atom stereocenters. The SMILES string of the molecule is Cc1cc(F)ccc1NC(=O)C1(C(N)=NO)CCCC1. The van der Waals surface area contributed by atoms with Gasteiger partial charge >= 0.3 is 0 Å². The molecule has 0 aliphatic heterocycles. The monoisotopic (exact) mass is 279 g/mol. The van der Waals surface area contributed by atoms with Gasteiger partial charge in [-0.05, 0) is 43.5 Å². The summed E-state index contributed by atoms with van der Waals surface area (Å²) in [6.45, 7) is 1.71. The van der Waals surface area contributed by atoms with E-state index >= 15 is 0 Å². The van der Waals surface area contributed by atoms with Gasteiger partial charge in [-0.15, -0.1) is 0 Å². The van der Waals surface area contributed by atoms with Crippen molar-refractivity contribution < 1.29 is 14.4 Å². The minimum absolute atomic E-state index is 0.0627. The van der Waals surface area contributed by atoms with Crippen LogP contribution in [0, 0.1) is 18.2 Å². The average Bonchev–Trinajstić information content (AvgIpc) is 2.91. The number of oxime groups is 1. The van der Waals surface area contributed by atoms with Crippen LogP contribution in [0.5, 0.6) is 0 Å². The third kappa shape index (κ3) is 2.45. The van der Waals surface area contributed by atoms with Gasteiger partial charge in [-0.3, -0.25) is 4.79 Å². The average molecular weight is 279 g/mol. The fourth-order valence-electron chi connectivity index (χ4n) is 2.68. The standard InChI is InChI=1S/C14H18FN3O2/c1-9-8-10(15)4-5-11(9)17-13(19)14(12(16)18-20)6-2-3-7-14/h4-5,8,20H,2-3,6-7H2,1H3,(H2,16,18)(H,17,19). The second-order valence-electron chi connectivity index (χ2n) is 5.19. The quantitative estimate of drug-likeness (QED) is 0.343. The Labute approximate surface area is 116 Å². The highest BCUT2D eigenvalue weighted by molar-refractivity contribution is 6.12. The van der Waals surface area contributed by atoms with E-state index in [1.165, 1.54) is 18.2 Å². The summed E-state index contributed by atoms with van der Waals surface area (Å²) in [4.78, 5) is 12.5. The molecule has 0 aromatic heterocycles. The summed E-state index contributed by atoms with van der Waals surface area (Å²) >= 11 is 0. The lowest BCUT2D eigenvalue weighted by atomic mass is 9.83. The maximum atomic E-state index is 13.1. The lowest BCUT2D eigenvalue weighted by molar-refractivity contribution is -0.122. The van der Waals surface area contributed by atoms with Crippen molar-refractivity contribution in [2.24, 2.45) is 16.3 Å². The highest BCUT2D eigenvalue weighted by Crippen LogP contribution is 2.39. The van der Waals surface area contributed by atoms with E-state index in [9.17, 15) is 9.18 Å². The summed E-state index contributed by atoms with van der Waals surface area (Å²) < 4.78 is 13.1. The first-order chi connectivity index (χ1) is 9.49. The van der Waals surface area contributed by atoms with Gasteiger partial charge in [0.05, 0.1) is 0 Å². The van der Waals surface area contributed by atoms with Crippen LogP contribution in [0.3, 0.4) is 0 Å². The molecule has 1 aliphatic carbocycles. The minimum Gasteiger partial charge on any atom is -0.409 e. The van der Waals surface area contributed by atoms with E-state index < -0.39 is 5.41 Å². The molecule has 0 bridgehead atoms. The van der Waals surface area contributed by atoms with Crippen LogP contribution in [0.1, 0.15) is 31.2 Å². The Morgan fingerprint density at radius 1 is 1.45 bits per heavy atom. The highest BCUT2D eigenvalue weighted by Gasteiger charge is 2.45. The zero-order valence-corrected chi connectivity index (χ0v) is 11.3. The van der Waals surface area contributed by atoms with Crippen LogP contribution in [0.4, 0.5) is 10.1 Å². The molecule has 1 fully saturated rings. The van der Waals surface area contributed by atoms with Crippen molar-refractivity contribution in [3.8, 4) is 0 Å². The van der Waals surface area contributed by atoms with Crippen LogP contribution in [-0.4, -0.2) is 17.0 Å². The number of benzene rings is 1. The van der Waals surface area contributed by atoms with E-state index in [1.54, 1.807) is 6.92 Å². The second-order valence-corrected chi connectivity index (χ2v) is 5.19. The first kappa shape index (κ1) is 14.3. The summed E-state index contributed by atoms with van der Waals surface area (Å²) in [5.74, 6) is -0.722. The minimum atomic E-state index is -0.963. The summed E-state index contributed by atoms with van der Waals surface area (Å²) in [5, 5.41) is 14.7. The first-order valence-corrected chi connectivity index (χ1v) is 6.55. The number of nitrogens with two attached hydrogens (primary N) is 1. The Hall–Kier alpha value is -2.11. The van der Waals surface area contributed by atoms with Gasteiger partial charge in [-0.25, -0.2) is 4.39 Å². The lowest BCUT2D eigenvalue weighted by Gasteiger charge is -2.26. The molecule has 0 saturated heterocycles. The number of rotatable bonds is 3. The Kier molecular flexibility index (Phi) is 3.92. The van der Waals surface area contributed by atoms with E-state index in [1.807, 2.05) is 0 Å². The van der Waals surface area contributed by atoms with Crippen LogP contribution in [0.15, 0.2) is 23.4 Å². The summed E-state index contributed by atoms with van der Waals surface area (Å²) in [7, 11) is 0. The molecular formula is C14H18FN3O2. The van der Waals surface area contributed by atoms with Crippen molar-refractivity contribution in [1.82, 2.24) is 0 Å². The largest absolute Gasteiger partial charge is 0.409 e. The van der Waals surface area contributed by atoms with Crippen LogP contribution in [-0.2, 0) is 4.79 Å². The lowest BCUT2D eigenvalue weighted by Crippen LogP contribution is -2.45. The van der Waals surface area contributed by atoms with E-state index in [0.717, 1.165) is 12.8 Å². The zero-order valence-electron chi connectivity index (χ0n) is 11.3. The van der Waals surface area contributed by atoms with E-state index in [0.29, 0.717) is 24.1 Å². The molecule has 5 nitrogen and oxygen atoms in total. The van der Waals surface area contributed by atoms with Crippen LogP contribution in [0.25, 0.3) is 0 Å². The number of amides is 1. The third-order valence-electron chi connectivity index (χ3n) is 3.93. The Balaban J connectivity index is 2.26. The number of carbonyl (C=O) groups is 1. The van der Waals surface area contributed by atoms with Gasteiger partial charge in [-0.2, -0.15) is 0 Å². The molecule has 2 rings (SSSR count).